The highest BCUT2D eigenvalue weighted by Gasteiger charge is 2.12. The zero-order chi connectivity index (χ0) is 15.4. The van der Waals surface area contributed by atoms with E-state index < -0.39 is 5.97 Å². The molecule has 0 atom stereocenters. The average Bonchev–Trinajstić information content (AvgIpc) is 2.48. The van der Waals surface area contributed by atoms with Gasteiger partial charge >= 0.3 is 5.97 Å². The van der Waals surface area contributed by atoms with Crippen molar-refractivity contribution < 1.29 is 14.7 Å². The Hall–Kier alpha value is -1.92. The van der Waals surface area contributed by atoms with Gasteiger partial charge in [0.25, 0.3) is 5.91 Å². The van der Waals surface area contributed by atoms with Crippen LogP contribution < -0.4 is 5.32 Å². The summed E-state index contributed by atoms with van der Waals surface area (Å²) in [6, 6.07) is 7.83. The smallest absolute Gasteiger partial charge is 0.335 e. The molecule has 0 unspecified atom stereocenters. The molecule has 0 spiro atoms. The quantitative estimate of drug-likeness (QED) is 0.868. The molecule has 108 valence electrons. The van der Waals surface area contributed by atoms with Gasteiger partial charge in [0.1, 0.15) is 0 Å². The van der Waals surface area contributed by atoms with Crippen molar-refractivity contribution >= 4 is 39.4 Å². The van der Waals surface area contributed by atoms with Crippen LogP contribution in [0, 0.1) is 0 Å². The number of amides is 1. The first-order valence-electron chi connectivity index (χ1n) is 5.89. The number of halogens is 2. The first-order chi connectivity index (χ1) is 9.99. The number of rotatable bonds is 4. The fraction of sp³-hybridized carbons (Fsp3) is 0.0714. The second-order valence-electron chi connectivity index (χ2n) is 4.13. The number of nitrogens with one attached hydrogen (secondary N) is 1. The number of carbonyl (C=O) groups excluding carboxylic acids is 1. The normalized spacial score (nSPS) is 10.2. The molecule has 7 heteroatoms. The maximum Gasteiger partial charge on any atom is 0.335 e. The van der Waals surface area contributed by atoms with Crippen molar-refractivity contribution in [2.24, 2.45) is 0 Å². The Kier molecular flexibility index (Phi) is 4.93. The van der Waals surface area contributed by atoms with E-state index in [1.54, 1.807) is 18.2 Å². The Labute approximate surface area is 134 Å². The van der Waals surface area contributed by atoms with Crippen LogP contribution >= 0.6 is 27.5 Å². The summed E-state index contributed by atoms with van der Waals surface area (Å²) in [4.78, 5) is 26.9. The number of aromatic carboxylic acids is 1. The Bertz CT molecular complexity index is 706. The van der Waals surface area contributed by atoms with E-state index in [4.69, 9.17) is 16.7 Å². The number of aromatic nitrogens is 1. The molecule has 0 saturated heterocycles. The van der Waals surface area contributed by atoms with Crippen LogP contribution in [0.25, 0.3) is 0 Å². The summed E-state index contributed by atoms with van der Waals surface area (Å²) in [5, 5.41) is 11.9. The fourth-order valence-electron chi connectivity index (χ4n) is 1.65. The zero-order valence-electron chi connectivity index (χ0n) is 10.6. The van der Waals surface area contributed by atoms with E-state index in [2.05, 4.69) is 26.2 Å². The molecule has 0 saturated carbocycles. The van der Waals surface area contributed by atoms with Crippen LogP contribution in [-0.4, -0.2) is 22.0 Å². The minimum absolute atomic E-state index is 0.114. The van der Waals surface area contributed by atoms with Gasteiger partial charge < -0.3 is 10.4 Å². The van der Waals surface area contributed by atoms with Crippen LogP contribution in [0.1, 0.15) is 26.4 Å². The van der Waals surface area contributed by atoms with E-state index >= 15 is 0 Å². The van der Waals surface area contributed by atoms with Crippen LogP contribution in [0.3, 0.4) is 0 Å². The van der Waals surface area contributed by atoms with Crippen molar-refractivity contribution in [1.29, 1.82) is 0 Å². The fourth-order valence-corrected chi connectivity index (χ4v) is 2.23. The second-order valence-corrected chi connectivity index (χ2v) is 5.36. The van der Waals surface area contributed by atoms with Gasteiger partial charge in [0, 0.05) is 10.7 Å². The molecule has 2 rings (SSSR count). The number of nitrogens with zero attached hydrogens (tertiary/aromatic N) is 1. The second kappa shape index (κ2) is 6.69. The predicted molar refractivity (Wildman–Crippen MR) is 81.5 cm³/mol. The first-order valence-corrected chi connectivity index (χ1v) is 7.06. The Balaban J connectivity index is 2.09. The lowest BCUT2D eigenvalue weighted by Gasteiger charge is -2.07. The van der Waals surface area contributed by atoms with E-state index in [9.17, 15) is 9.59 Å². The third-order valence-corrected chi connectivity index (χ3v) is 3.99. The standard InChI is InChI=1S/C14H10BrClN2O3/c15-11-3-1-2-10(12(11)16)13(19)18-7-9-6-8(14(20)21)4-5-17-9/h1-6H,7H2,(H,18,19)(H,20,21). The van der Waals surface area contributed by atoms with Crippen LogP contribution in [-0.2, 0) is 6.54 Å². The lowest BCUT2D eigenvalue weighted by Crippen LogP contribution is -2.23. The van der Waals surface area contributed by atoms with Gasteiger partial charge in [-0.25, -0.2) is 4.79 Å². The number of pyridine rings is 1. The summed E-state index contributed by atoms with van der Waals surface area (Å²) in [6.45, 7) is 0.114. The van der Waals surface area contributed by atoms with Crippen LogP contribution in [0.5, 0.6) is 0 Å². The molecule has 5 nitrogen and oxygen atoms in total. The molecular weight excluding hydrogens is 360 g/mol. The van der Waals surface area contributed by atoms with E-state index in [1.807, 2.05) is 0 Å². The third kappa shape index (κ3) is 3.80. The molecule has 21 heavy (non-hydrogen) atoms. The molecule has 0 aliphatic heterocycles. The number of hydrogen-bond acceptors (Lipinski definition) is 3. The van der Waals surface area contributed by atoms with Crippen LogP contribution in [0.2, 0.25) is 5.02 Å². The van der Waals surface area contributed by atoms with Crippen LogP contribution in [0.4, 0.5) is 0 Å². The van der Waals surface area contributed by atoms with Gasteiger partial charge in [-0.15, -0.1) is 0 Å². The Morgan fingerprint density at radius 2 is 2.10 bits per heavy atom. The lowest BCUT2D eigenvalue weighted by atomic mass is 10.2. The molecule has 1 aromatic heterocycles. The summed E-state index contributed by atoms with van der Waals surface area (Å²) < 4.78 is 0.628. The molecule has 0 radical (unpaired) electrons. The van der Waals surface area contributed by atoms with Gasteiger partial charge in [-0.05, 0) is 40.2 Å². The van der Waals surface area contributed by atoms with Gasteiger partial charge in [-0.1, -0.05) is 17.7 Å². The number of carbonyl (C=O) groups is 2. The van der Waals surface area contributed by atoms with Crippen molar-refractivity contribution in [2.75, 3.05) is 0 Å². The van der Waals surface area contributed by atoms with Crippen molar-refractivity contribution in [3.8, 4) is 0 Å². The maximum absolute atomic E-state index is 12.0. The SMILES string of the molecule is O=C(O)c1ccnc(CNC(=O)c2cccc(Br)c2Cl)c1. The Morgan fingerprint density at radius 3 is 2.81 bits per heavy atom. The highest BCUT2D eigenvalue weighted by atomic mass is 79.9. The summed E-state index contributed by atoms with van der Waals surface area (Å²) >= 11 is 9.28. The molecule has 0 aliphatic rings. The average molecular weight is 370 g/mol. The molecule has 2 N–H and O–H groups in total. The summed E-state index contributed by atoms with van der Waals surface area (Å²) in [5.41, 5.74) is 0.907. The summed E-state index contributed by atoms with van der Waals surface area (Å²) in [6.07, 6.45) is 1.39. The van der Waals surface area contributed by atoms with E-state index in [0.29, 0.717) is 20.8 Å². The van der Waals surface area contributed by atoms with E-state index in [1.165, 1.54) is 18.3 Å². The number of benzene rings is 1. The molecular formula is C14H10BrClN2O3. The van der Waals surface area contributed by atoms with Crippen molar-refractivity contribution in [2.45, 2.75) is 6.54 Å². The van der Waals surface area contributed by atoms with Gasteiger partial charge in [0.2, 0.25) is 0 Å². The highest BCUT2D eigenvalue weighted by Crippen LogP contribution is 2.25. The van der Waals surface area contributed by atoms with Gasteiger partial charge in [-0.3, -0.25) is 9.78 Å². The van der Waals surface area contributed by atoms with Crippen molar-refractivity contribution in [3.05, 3.63) is 62.8 Å². The predicted octanol–water partition coefficient (Wildman–Crippen LogP) is 3.13. The monoisotopic (exact) mass is 368 g/mol. The largest absolute Gasteiger partial charge is 0.478 e. The highest BCUT2D eigenvalue weighted by molar-refractivity contribution is 9.10. The molecule has 2 aromatic rings. The van der Waals surface area contributed by atoms with Crippen LogP contribution in [0.15, 0.2) is 41.0 Å². The van der Waals surface area contributed by atoms with Crippen molar-refractivity contribution in [3.63, 3.8) is 0 Å². The summed E-state index contributed by atoms with van der Waals surface area (Å²) in [5.74, 6) is -1.40. The maximum atomic E-state index is 12.0. The van der Waals surface area contributed by atoms with E-state index in [0.717, 1.165) is 0 Å². The van der Waals surface area contributed by atoms with Gasteiger partial charge in [0.15, 0.2) is 0 Å². The van der Waals surface area contributed by atoms with Crippen molar-refractivity contribution in [1.82, 2.24) is 10.3 Å². The first kappa shape index (κ1) is 15.5. The topological polar surface area (TPSA) is 79.3 Å². The van der Waals surface area contributed by atoms with Gasteiger partial charge in [-0.2, -0.15) is 0 Å². The van der Waals surface area contributed by atoms with E-state index in [-0.39, 0.29) is 18.0 Å². The number of carboxylic acid groups (broad SMARTS) is 1. The molecule has 0 fully saturated rings. The molecule has 1 heterocycles. The zero-order valence-corrected chi connectivity index (χ0v) is 13.0. The minimum Gasteiger partial charge on any atom is -0.478 e. The lowest BCUT2D eigenvalue weighted by molar-refractivity contribution is 0.0696. The molecule has 1 amide bonds. The molecule has 1 aromatic carbocycles. The Morgan fingerprint density at radius 1 is 1.33 bits per heavy atom. The number of hydrogen-bond donors (Lipinski definition) is 2. The minimum atomic E-state index is -1.04. The number of carboxylic acids is 1. The molecule has 0 aliphatic carbocycles. The summed E-state index contributed by atoms with van der Waals surface area (Å²) in [7, 11) is 0. The van der Waals surface area contributed by atoms with Gasteiger partial charge in [0.05, 0.1) is 28.4 Å². The molecule has 0 bridgehead atoms. The third-order valence-electron chi connectivity index (χ3n) is 2.69.